The number of hydrogen-bond donors (Lipinski definition) is 1. The summed E-state index contributed by atoms with van der Waals surface area (Å²) in [6, 6.07) is 6.27. The first-order chi connectivity index (χ1) is 10.9. The predicted molar refractivity (Wildman–Crippen MR) is 84.3 cm³/mol. The molecule has 1 aromatic carbocycles. The fourth-order valence-corrected chi connectivity index (χ4v) is 2.76. The molecule has 3 rings (SSSR count). The highest BCUT2D eigenvalue weighted by molar-refractivity contribution is 5.96. The zero-order valence-corrected chi connectivity index (χ0v) is 13.4. The summed E-state index contributed by atoms with van der Waals surface area (Å²) in [6.07, 6.45) is 1.52. The van der Waals surface area contributed by atoms with Gasteiger partial charge in [-0.1, -0.05) is 0 Å². The van der Waals surface area contributed by atoms with Gasteiger partial charge in [-0.25, -0.2) is 4.39 Å². The normalized spacial score (nSPS) is 15.7. The molecule has 0 bridgehead atoms. The van der Waals surface area contributed by atoms with Gasteiger partial charge in [0.1, 0.15) is 22.9 Å². The predicted octanol–water partition coefficient (Wildman–Crippen LogP) is 2.96. The standard InChI is InChI=1S/C17H19FN2O3/c1-17(2)10-20(3)14-7-12(13(18)8-15(14)23-17)16(21)19-9-11-5-4-6-22-11/h4-8H,9-10H2,1-3H3,(H,19,21). The van der Waals surface area contributed by atoms with Gasteiger partial charge >= 0.3 is 0 Å². The largest absolute Gasteiger partial charge is 0.484 e. The van der Waals surface area contributed by atoms with Crippen LogP contribution in [-0.4, -0.2) is 25.1 Å². The van der Waals surface area contributed by atoms with Crippen molar-refractivity contribution in [2.75, 3.05) is 18.5 Å². The monoisotopic (exact) mass is 318 g/mol. The Labute approximate surface area is 134 Å². The molecule has 2 aromatic rings. The maximum atomic E-state index is 14.3. The summed E-state index contributed by atoms with van der Waals surface area (Å²) < 4.78 is 25.2. The van der Waals surface area contributed by atoms with Gasteiger partial charge < -0.3 is 19.4 Å². The summed E-state index contributed by atoms with van der Waals surface area (Å²) >= 11 is 0. The smallest absolute Gasteiger partial charge is 0.254 e. The van der Waals surface area contributed by atoms with E-state index in [0.29, 0.717) is 23.7 Å². The summed E-state index contributed by atoms with van der Waals surface area (Å²) in [7, 11) is 1.89. The quantitative estimate of drug-likeness (QED) is 0.945. The second kappa shape index (κ2) is 5.61. The summed E-state index contributed by atoms with van der Waals surface area (Å²) in [4.78, 5) is 14.2. The Morgan fingerprint density at radius 2 is 2.22 bits per heavy atom. The number of nitrogens with one attached hydrogen (secondary N) is 1. The average molecular weight is 318 g/mol. The van der Waals surface area contributed by atoms with Gasteiger partial charge in [-0.05, 0) is 32.0 Å². The average Bonchev–Trinajstić information content (AvgIpc) is 2.96. The molecule has 0 fully saturated rings. The molecule has 0 spiro atoms. The first-order valence-corrected chi connectivity index (χ1v) is 7.40. The van der Waals surface area contributed by atoms with Crippen molar-refractivity contribution in [3.05, 3.63) is 47.7 Å². The highest BCUT2D eigenvalue weighted by Crippen LogP contribution is 2.37. The molecule has 122 valence electrons. The van der Waals surface area contributed by atoms with Crippen molar-refractivity contribution in [2.45, 2.75) is 26.0 Å². The lowest BCUT2D eigenvalue weighted by atomic mass is 10.0. The Morgan fingerprint density at radius 1 is 1.43 bits per heavy atom. The van der Waals surface area contributed by atoms with Crippen LogP contribution in [0.25, 0.3) is 0 Å². The van der Waals surface area contributed by atoms with E-state index < -0.39 is 17.3 Å². The number of nitrogens with zero attached hydrogens (tertiary/aromatic N) is 1. The van der Waals surface area contributed by atoms with Crippen molar-refractivity contribution in [3.63, 3.8) is 0 Å². The molecule has 5 nitrogen and oxygen atoms in total. The Balaban J connectivity index is 1.83. The number of hydrogen-bond acceptors (Lipinski definition) is 4. The number of fused-ring (bicyclic) bond motifs is 1. The van der Waals surface area contributed by atoms with Crippen molar-refractivity contribution in [1.29, 1.82) is 0 Å². The van der Waals surface area contributed by atoms with E-state index in [1.54, 1.807) is 12.1 Å². The van der Waals surface area contributed by atoms with Crippen LogP contribution in [0.4, 0.5) is 10.1 Å². The van der Waals surface area contributed by atoms with Gasteiger partial charge in [0.2, 0.25) is 0 Å². The van der Waals surface area contributed by atoms with Gasteiger partial charge in [-0.15, -0.1) is 0 Å². The Kier molecular flexibility index (Phi) is 3.75. The molecular weight excluding hydrogens is 299 g/mol. The van der Waals surface area contributed by atoms with E-state index in [4.69, 9.17) is 9.15 Å². The van der Waals surface area contributed by atoms with E-state index >= 15 is 0 Å². The van der Waals surface area contributed by atoms with E-state index in [9.17, 15) is 9.18 Å². The Bertz CT molecular complexity index is 726. The lowest BCUT2D eigenvalue weighted by molar-refractivity contribution is 0.0942. The van der Waals surface area contributed by atoms with E-state index in [1.807, 2.05) is 25.8 Å². The van der Waals surface area contributed by atoms with Crippen molar-refractivity contribution in [2.24, 2.45) is 0 Å². The number of likely N-dealkylation sites (N-methyl/N-ethyl adjacent to an activating group) is 1. The van der Waals surface area contributed by atoms with Gasteiger partial charge in [-0.2, -0.15) is 0 Å². The molecule has 1 aliphatic heterocycles. The minimum atomic E-state index is -0.605. The number of ether oxygens (including phenoxy) is 1. The second-order valence-electron chi connectivity index (χ2n) is 6.28. The van der Waals surface area contributed by atoms with Crippen LogP contribution in [0.3, 0.4) is 0 Å². The number of halogens is 1. The third-order valence-corrected chi connectivity index (χ3v) is 3.71. The van der Waals surface area contributed by atoms with Crippen molar-refractivity contribution in [1.82, 2.24) is 5.32 Å². The molecule has 0 saturated heterocycles. The molecule has 0 saturated carbocycles. The van der Waals surface area contributed by atoms with E-state index in [2.05, 4.69) is 5.32 Å². The van der Waals surface area contributed by atoms with Crippen LogP contribution >= 0.6 is 0 Å². The Morgan fingerprint density at radius 3 is 2.91 bits per heavy atom. The van der Waals surface area contributed by atoms with Crippen molar-refractivity contribution in [3.8, 4) is 5.75 Å². The lowest BCUT2D eigenvalue weighted by Crippen LogP contribution is -2.45. The zero-order chi connectivity index (χ0) is 16.6. The third-order valence-electron chi connectivity index (χ3n) is 3.71. The van der Waals surface area contributed by atoms with Gasteiger partial charge in [0, 0.05) is 13.1 Å². The number of amides is 1. The maximum absolute atomic E-state index is 14.3. The second-order valence-corrected chi connectivity index (χ2v) is 6.28. The van der Waals surface area contributed by atoms with Crippen LogP contribution in [0.5, 0.6) is 5.75 Å². The highest BCUT2D eigenvalue weighted by atomic mass is 19.1. The summed E-state index contributed by atoms with van der Waals surface area (Å²) in [5, 5.41) is 2.65. The number of rotatable bonds is 3. The van der Waals surface area contributed by atoms with Crippen LogP contribution in [0.15, 0.2) is 34.9 Å². The molecule has 1 N–H and O–H groups in total. The number of carbonyl (C=O) groups is 1. The van der Waals surface area contributed by atoms with Crippen LogP contribution in [-0.2, 0) is 6.54 Å². The molecule has 1 aliphatic rings. The molecular formula is C17H19FN2O3. The van der Waals surface area contributed by atoms with E-state index in [1.165, 1.54) is 18.4 Å². The van der Waals surface area contributed by atoms with Crippen LogP contribution in [0, 0.1) is 5.82 Å². The minimum absolute atomic E-state index is 0.00883. The van der Waals surface area contributed by atoms with Crippen molar-refractivity contribution < 1.29 is 18.3 Å². The summed E-state index contributed by atoms with van der Waals surface area (Å²) in [6.45, 7) is 4.74. The lowest BCUT2D eigenvalue weighted by Gasteiger charge is -2.39. The zero-order valence-electron chi connectivity index (χ0n) is 13.4. The molecule has 2 heterocycles. The number of carbonyl (C=O) groups excluding carboxylic acids is 1. The molecule has 0 aliphatic carbocycles. The molecule has 1 aromatic heterocycles. The van der Waals surface area contributed by atoms with Gasteiger partial charge in [0.25, 0.3) is 5.91 Å². The minimum Gasteiger partial charge on any atom is -0.484 e. The highest BCUT2D eigenvalue weighted by Gasteiger charge is 2.31. The van der Waals surface area contributed by atoms with E-state index in [-0.39, 0.29) is 12.1 Å². The molecule has 6 heteroatoms. The molecule has 23 heavy (non-hydrogen) atoms. The van der Waals surface area contributed by atoms with Crippen LogP contribution in [0.2, 0.25) is 0 Å². The first kappa shape index (κ1) is 15.4. The number of furan rings is 1. The number of benzene rings is 1. The topological polar surface area (TPSA) is 54.7 Å². The fraction of sp³-hybridized carbons (Fsp3) is 0.353. The van der Waals surface area contributed by atoms with Crippen molar-refractivity contribution >= 4 is 11.6 Å². The first-order valence-electron chi connectivity index (χ1n) is 7.40. The SMILES string of the molecule is CN1CC(C)(C)Oc2cc(F)c(C(=O)NCc3ccco3)cc21. The van der Waals surface area contributed by atoms with Crippen LogP contribution in [0.1, 0.15) is 30.0 Å². The Hall–Kier alpha value is -2.50. The van der Waals surface area contributed by atoms with Gasteiger partial charge in [0.05, 0.1) is 30.6 Å². The molecule has 0 atom stereocenters. The maximum Gasteiger partial charge on any atom is 0.254 e. The third kappa shape index (κ3) is 3.16. The summed E-state index contributed by atoms with van der Waals surface area (Å²) in [5.74, 6) is -0.0329. The molecule has 0 radical (unpaired) electrons. The summed E-state index contributed by atoms with van der Waals surface area (Å²) in [5.41, 5.74) is 0.288. The van der Waals surface area contributed by atoms with Crippen LogP contribution < -0.4 is 15.0 Å². The van der Waals surface area contributed by atoms with Gasteiger partial charge in [0.15, 0.2) is 0 Å². The number of anilines is 1. The molecule has 0 unspecified atom stereocenters. The fourth-order valence-electron chi connectivity index (χ4n) is 2.76. The van der Waals surface area contributed by atoms with Gasteiger partial charge in [-0.3, -0.25) is 4.79 Å². The van der Waals surface area contributed by atoms with E-state index in [0.717, 1.165) is 0 Å². The molecule has 1 amide bonds.